The molecule has 9 nitrogen and oxygen atoms in total. The summed E-state index contributed by atoms with van der Waals surface area (Å²) in [7, 11) is -7.25. The number of carbonyl (C=O) groups is 1. The Kier molecular flexibility index (Phi) is 11.7. The van der Waals surface area contributed by atoms with Gasteiger partial charge in [0.05, 0.1) is 29.1 Å². The molecule has 1 aliphatic carbocycles. The molecule has 202 valence electrons. The van der Waals surface area contributed by atoms with Crippen LogP contribution in [0.2, 0.25) is 0 Å². The third-order valence-electron chi connectivity index (χ3n) is 5.91. The second-order valence-electron chi connectivity index (χ2n) is 8.61. The van der Waals surface area contributed by atoms with E-state index in [0.29, 0.717) is 17.9 Å². The Morgan fingerprint density at radius 2 is 1.81 bits per heavy atom. The Labute approximate surface area is 218 Å². The predicted octanol–water partition coefficient (Wildman–Crippen LogP) is 4.46. The van der Waals surface area contributed by atoms with Gasteiger partial charge in [0, 0.05) is 17.4 Å². The number of benzene rings is 1. The van der Waals surface area contributed by atoms with Crippen molar-refractivity contribution in [3.8, 4) is 0 Å². The van der Waals surface area contributed by atoms with E-state index in [2.05, 4.69) is 11.9 Å². The summed E-state index contributed by atoms with van der Waals surface area (Å²) in [6.07, 6.45) is 7.16. The van der Waals surface area contributed by atoms with Crippen LogP contribution in [0.1, 0.15) is 57.4 Å². The summed E-state index contributed by atoms with van der Waals surface area (Å²) in [5, 5.41) is 13.6. The SMILES string of the molecule is C=C(NC(=O)[C@H](CC1CCCC1)c1ccc(S(C)(=O)=O)cc1)S/C(=C\N)C(O)P(=O)(OCC)OCC. The standard InChI is InChI=1S/C24H37N2O7PS2/c1-5-32-34(29,33-6-2)24(28)22(16-25)35-17(3)26-23(27)21(15-18-9-7-8-10-18)19-11-13-20(14-12-19)36(4,30)31/h11-14,16,18,21,24,28H,3,5-10,15,25H2,1-2,4H3,(H,26,27)/b22-16-/t21-,24?/m1/s1. The van der Waals surface area contributed by atoms with Gasteiger partial charge < -0.3 is 25.2 Å². The molecule has 1 amide bonds. The van der Waals surface area contributed by atoms with Gasteiger partial charge in [-0.05, 0) is 43.9 Å². The molecular weight excluding hydrogens is 523 g/mol. The molecule has 0 radical (unpaired) electrons. The van der Waals surface area contributed by atoms with Gasteiger partial charge in [0.25, 0.3) is 0 Å². The lowest BCUT2D eigenvalue weighted by atomic mass is 9.87. The molecule has 12 heteroatoms. The van der Waals surface area contributed by atoms with Crippen molar-refractivity contribution in [2.24, 2.45) is 11.7 Å². The van der Waals surface area contributed by atoms with Crippen molar-refractivity contribution in [2.75, 3.05) is 19.5 Å². The Balaban J connectivity index is 2.19. The molecule has 1 aromatic carbocycles. The smallest absolute Gasteiger partial charge is 0.364 e. The molecule has 0 saturated heterocycles. The van der Waals surface area contributed by atoms with Crippen molar-refractivity contribution in [3.63, 3.8) is 0 Å². The number of aliphatic hydroxyl groups is 1. The van der Waals surface area contributed by atoms with E-state index in [1.54, 1.807) is 26.0 Å². The summed E-state index contributed by atoms with van der Waals surface area (Å²) in [5.74, 6) is -2.08. The molecule has 0 spiro atoms. The second kappa shape index (κ2) is 13.8. The quantitative estimate of drug-likeness (QED) is 0.281. The number of hydrogen-bond donors (Lipinski definition) is 3. The van der Waals surface area contributed by atoms with Crippen molar-refractivity contribution >= 4 is 35.1 Å². The van der Waals surface area contributed by atoms with Gasteiger partial charge in [0.2, 0.25) is 5.91 Å². The topological polar surface area (TPSA) is 145 Å². The van der Waals surface area contributed by atoms with Crippen LogP contribution in [0.25, 0.3) is 0 Å². The van der Waals surface area contributed by atoms with Gasteiger partial charge in [0.15, 0.2) is 15.7 Å². The van der Waals surface area contributed by atoms with Crippen LogP contribution in [-0.2, 0) is 28.2 Å². The molecule has 0 heterocycles. The third kappa shape index (κ3) is 8.46. The van der Waals surface area contributed by atoms with Gasteiger partial charge in [0.1, 0.15) is 0 Å². The van der Waals surface area contributed by atoms with Crippen LogP contribution >= 0.6 is 19.4 Å². The summed E-state index contributed by atoms with van der Waals surface area (Å²) in [6.45, 7) is 7.25. The second-order valence-corrected chi connectivity index (χ2v) is 13.9. The van der Waals surface area contributed by atoms with Crippen LogP contribution in [-0.4, -0.2) is 44.7 Å². The minimum Gasteiger partial charge on any atom is -0.404 e. The van der Waals surface area contributed by atoms with Crippen molar-refractivity contribution in [1.29, 1.82) is 0 Å². The summed E-state index contributed by atoms with van der Waals surface area (Å²) in [5.41, 5.74) is 6.38. The van der Waals surface area contributed by atoms with Crippen LogP contribution in [0.4, 0.5) is 0 Å². The molecule has 1 aromatic rings. The van der Waals surface area contributed by atoms with Crippen LogP contribution < -0.4 is 11.1 Å². The molecule has 1 aliphatic rings. The van der Waals surface area contributed by atoms with E-state index in [9.17, 15) is 22.9 Å². The molecule has 0 aromatic heterocycles. The fourth-order valence-electron chi connectivity index (χ4n) is 4.18. The Hall–Kier alpha value is -1.62. The summed E-state index contributed by atoms with van der Waals surface area (Å²) < 4.78 is 47.0. The number of carbonyl (C=O) groups excluding carboxylic acids is 1. The Morgan fingerprint density at radius 1 is 1.25 bits per heavy atom. The van der Waals surface area contributed by atoms with Gasteiger partial charge in [-0.15, -0.1) is 0 Å². The van der Waals surface area contributed by atoms with E-state index < -0.39 is 29.2 Å². The normalized spacial score (nSPS) is 17.1. The number of hydrogen-bond acceptors (Lipinski definition) is 9. The monoisotopic (exact) mass is 560 g/mol. The van der Waals surface area contributed by atoms with E-state index in [1.165, 1.54) is 12.1 Å². The molecule has 0 bridgehead atoms. The summed E-state index contributed by atoms with van der Waals surface area (Å²) in [4.78, 5) is 13.6. The fourth-order valence-corrected chi connectivity index (χ4v) is 7.44. The summed E-state index contributed by atoms with van der Waals surface area (Å²) >= 11 is 0.869. The maximum atomic E-state index is 13.3. The first kappa shape index (κ1) is 30.6. The maximum Gasteiger partial charge on any atom is 0.364 e. The highest BCUT2D eigenvalue weighted by Gasteiger charge is 2.37. The zero-order chi connectivity index (χ0) is 26.9. The number of nitrogens with one attached hydrogen (secondary N) is 1. The summed E-state index contributed by atoms with van der Waals surface area (Å²) in [6, 6.07) is 6.35. The minimum absolute atomic E-state index is 0.0650. The molecule has 36 heavy (non-hydrogen) atoms. The number of thioether (sulfide) groups is 1. The minimum atomic E-state index is -3.90. The highest BCUT2D eigenvalue weighted by atomic mass is 32.2. The van der Waals surface area contributed by atoms with Crippen molar-refractivity contribution in [1.82, 2.24) is 5.32 Å². The molecular formula is C24H37N2O7PS2. The van der Waals surface area contributed by atoms with Gasteiger partial charge in [-0.2, -0.15) is 0 Å². The Bertz CT molecular complexity index is 1070. The lowest BCUT2D eigenvalue weighted by molar-refractivity contribution is -0.122. The zero-order valence-corrected chi connectivity index (χ0v) is 23.5. The van der Waals surface area contributed by atoms with Gasteiger partial charge in [-0.25, -0.2) is 8.42 Å². The van der Waals surface area contributed by atoms with E-state index in [4.69, 9.17) is 14.8 Å². The number of amides is 1. The van der Waals surface area contributed by atoms with Crippen LogP contribution in [0.15, 0.2) is 51.9 Å². The van der Waals surface area contributed by atoms with Crippen molar-refractivity contribution in [2.45, 2.75) is 62.6 Å². The fraction of sp³-hybridized carbons (Fsp3) is 0.542. The molecule has 2 rings (SSSR count). The third-order valence-corrected chi connectivity index (χ3v) is 10.3. The first-order valence-electron chi connectivity index (χ1n) is 11.9. The molecule has 0 aliphatic heterocycles. The lowest BCUT2D eigenvalue weighted by Crippen LogP contribution is -2.29. The van der Waals surface area contributed by atoms with Crippen molar-refractivity contribution in [3.05, 3.63) is 52.5 Å². The van der Waals surface area contributed by atoms with Gasteiger partial charge in [-0.1, -0.05) is 56.2 Å². The van der Waals surface area contributed by atoms with Crippen LogP contribution in [0, 0.1) is 5.92 Å². The predicted molar refractivity (Wildman–Crippen MR) is 143 cm³/mol. The van der Waals surface area contributed by atoms with Gasteiger partial charge in [-0.3, -0.25) is 9.36 Å². The largest absolute Gasteiger partial charge is 0.404 e. The number of rotatable bonds is 14. The molecule has 1 saturated carbocycles. The highest BCUT2D eigenvalue weighted by molar-refractivity contribution is 8.07. The molecule has 1 fully saturated rings. The van der Waals surface area contributed by atoms with E-state index in [1.807, 2.05) is 0 Å². The first-order chi connectivity index (χ1) is 16.9. The number of sulfone groups is 1. The average Bonchev–Trinajstić information content (AvgIpc) is 3.33. The molecule has 1 unspecified atom stereocenters. The maximum absolute atomic E-state index is 13.3. The number of aliphatic hydroxyl groups excluding tert-OH is 1. The average molecular weight is 561 g/mol. The van der Waals surface area contributed by atoms with E-state index in [0.717, 1.165) is 49.9 Å². The highest BCUT2D eigenvalue weighted by Crippen LogP contribution is 2.56. The van der Waals surface area contributed by atoms with Crippen molar-refractivity contribution < 1.29 is 31.9 Å². The van der Waals surface area contributed by atoms with E-state index >= 15 is 0 Å². The molecule has 4 N–H and O–H groups in total. The number of nitrogens with two attached hydrogens (primary N) is 1. The first-order valence-corrected chi connectivity index (χ1v) is 16.2. The van der Waals surface area contributed by atoms with E-state index in [-0.39, 0.29) is 34.0 Å². The lowest BCUT2D eigenvalue weighted by Gasteiger charge is -2.25. The van der Waals surface area contributed by atoms with Crippen LogP contribution in [0.5, 0.6) is 0 Å². The van der Waals surface area contributed by atoms with Crippen LogP contribution in [0.3, 0.4) is 0 Å². The molecule has 2 atom stereocenters. The zero-order valence-electron chi connectivity index (χ0n) is 21.0. The van der Waals surface area contributed by atoms with Gasteiger partial charge >= 0.3 is 7.60 Å². The Morgan fingerprint density at radius 3 is 2.28 bits per heavy atom.